The number of rotatable bonds is 2. The van der Waals surface area contributed by atoms with Crippen LogP contribution >= 0.6 is 12.4 Å². The molecule has 116 valence electrons. The van der Waals surface area contributed by atoms with E-state index in [2.05, 4.69) is 20.4 Å². The van der Waals surface area contributed by atoms with Gasteiger partial charge in [-0.3, -0.25) is 0 Å². The summed E-state index contributed by atoms with van der Waals surface area (Å²) < 4.78 is 42.7. The molecular formula is C12H14ClF3N4O. The van der Waals surface area contributed by atoms with E-state index >= 15 is 0 Å². The summed E-state index contributed by atoms with van der Waals surface area (Å²) in [5.74, 6) is 0.749. The molecule has 2 N–H and O–H groups in total. The molecule has 0 radical (unpaired) electrons. The van der Waals surface area contributed by atoms with Gasteiger partial charge in [-0.15, -0.1) is 12.4 Å². The van der Waals surface area contributed by atoms with Gasteiger partial charge >= 0.3 is 6.18 Å². The number of hydrogen-bond donors (Lipinski definition) is 2. The average Bonchev–Trinajstić information content (AvgIpc) is 3.08. The monoisotopic (exact) mass is 322 g/mol. The zero-order chi connectivity index (χ0) is 14.2. The number of nitrogens with zero attached hydrogens (tertiary/aromatic N) is 2. The number of halogens is 4. The third-order valence-electron chi connectivity index (χ3n) is 3.34. The van der Waals surface area contributed by atoms with E-state index in [1.807, 2.05) is 0 Å². The van der Waals surface area contributed by atoms with Crippen LogP contribution in [0.4, 0.5) is 13.2 Å². The number of alkyl halides is 3. The minimum atomic E-state index is -4.38. The number of nitrogens with one attached hydrogen (secondary N) is 2. The zero-order valence-corrected chi connectivity index (χ0v) is 11.7. The normalized spacial score (nSPS) is 19.3. The number of aromatic nitrogens is 3. The summed E-state index contributed by atoms with van der Waals surface area (Å²) in [6.07, 6.45) is -1.53. The maximum atomic E-state index is 12.5. The molecule has 5 nitrogen and oxygen atoms in total. The summed E-state index contributed by atoms with van der Waals surface area (Å²) in [6.45, 7) is 1.71. The Balaban J connectivity index is 0.00000161. The van der Waals surface area contributed by atoms with Gasteiger partial charge in [0.05, 0.1) is 17.2 Å². The van der Waals surface area contributed by atoms with Gasteiger partial charge in [-0.25, -0.2) is 0 Å². The van der Waals surface area contributed by atoms with Crippen LogP contribution in [0.15, 0.2) is 16.8 Å². The van der Waals surface area contributed by atoms with Gasteiger partial charge in [0.25, 0.3) is 0 Å². The predicted octanol–water partition coefficient (Wildman–Crippen LogP) is 2.97. The molecule has 9 heteroatoms. The Kier molecular flexibility index (Phi) is 4.58. The SMILES string of the molecule is Cl.FC(F)(F)c1c[nH]c(-c2noc(C3CCCNC3)n2)c1. The minimum Gasteiger partial charge on any atom is -0.358 e. The van der Waals surface area contributed by atoms with E-state index in [0.717, 1.165) is 38.2 Å². The molecule has 1 aliphatic rings. The van der Waals surface area contributed by atoms with Crippen LogP contribution in [-0.2, 0) is 6.18 Å². The van der Waals surface area contributed by atoms with Crippen molar-refractivity contribution in [2.75, 3.05) is 13.1 Å². The van der Waals surface area contributed by atoms with Gasteiger partial charge in [0, 0.05) is 12.7 Å². The van der Waals surface area contributed by atoms with E-state index in [4.69, 9.17) is 4.52 Å². The first-order valence-corrected chi connectivity index (χ1v) is 6.34. The predicted molar refractivity (Wildman–Crippen MR) is 71.2 cm³/mol. The first-order valence-electron chi connectivity index (χ1n) is 6.34. The van der Waals surface area contributed by atoms with Crippen molar-refractivity contribution in [1.82, 2.24) is 20.4 Å². The third kappa shape index (κ3) is 3.38. The molecule has 0 amide bonds. The first kappa shape index (κ1) is 15.8. The molecule has 1 fully saturated rings. The fraction of sp³-hybridized carbons (Fsp3) is 0.500. The molecule has 1 unspecified atom stereocenters. The lowest BCUT2D eigenvalue weighted by atomic mass is 10.00. The highest BCUT2D eigenvalue weighted by Crippen LogP contribution is 2.32. The van der Waals surface area contributed by atoms with Crippen LogP contribution in [0.5, 0.6) is 0 Å². The Morgan fingerprint density at radius 2 is 2.14 bits per heavy atom. The summed E-state index contributed by atoms with van der Waals surface area (Å²) >= 11 is 0. The second-order valence-corrected chi connectivity index (χ2v) is 4.80. The highest BCUT2D eigenvalue weighted by Gasteiger charge is 2.32. The molecule has 3 rings (SSSR count). The molecule has 21 heavy (non-hydrogen) atoms. The van der Waals surface area contributed by atoms with E-state index in [9.17, 15) is 13.2 Å². The fourth-order valence-corrected chi connectivity index (χ4v) is 2.26. The van der Waals surface area contributed by atoms with Gasteiger partial charge in [-0.2, -0.15) is 18.2 Å². The van der Waals surface area contributed by atoms with Crippen molar-refractivity contribution in [2.24, 2.45) is 0 Å². The van der Waals surface area contributed by atoms with Gasteiger partial charge in [-0.05, 0) is 25.5 Å². The maximum Gasteiger partial charge on any atom is 0.417 e. The molecule has 0 aromatic carbocycles. The van der Waals surface area contributed by atoms with Crippen LogP contribution in [0.3, 0.4) is 0 Å². The summed E-state index contributed by atoms with van der Waals surface area (Å²) in [6, 6.07) is 0.980. The van der Waals surface area contributed by atoms with Crippen LogP contribution in [0.25, 0.3) is 11.5 Å². The maximum absolute atomic E-state index is 12.5. The average molecular weight is 323 g/mol. The molecule has 2 aromatic heterocycles. The standard InChI is InChI=1S/C12H13F3N4O.ClH/c13-12(14,15)8-4-9(17-6-8)10-18-11(20-19-10)7-2-1-3-16-5-7;/h4,6-7,16-17H,1-3,5H2;1H. The molecule has 1 aliphatic heterocycles. The summed E-state index contributed by atoms with van der Waals surface area (Å²) in [5, 5.41) is 6.97. The molecule has 0 spiro atoms. The summed E-state index contributed by atoms with van der Waals surface area (Å²) in [5.41, 5.74) is -0.547. The highest BCUT2D eigenvalue weighted by molar-refractivity contribution is 5.85. The number of H-pyrrole nitrogens is 1. The second kappa shape index (κ2) is 6.07. The smallest absolute Gasteiger partial charge is 0.358 e. The van der Waals surface area contributed by atoms with Crippen molar-refractivity contribution in [2.45, 2.75) is 24.9 Å². The van der Waals surface area contributed by atoms with E-state index in [1.165, 1.54) is 0 Å². The molecule has 0 saturated carbocycles. The Bertz CT molecular complexity index is 589. The number of aromatic amines is 1. The van der Waals surface area contributed by atoms with E-state index in [1.54, 1.807) is 0 Å². The summed E-state index contributed by atoms with van der Waals surface area (Å²) in [7, 11) is 0. The second-order valence-electron chi connectivity index (χ2n) is 4.80. The van der Waals surface area contributed by atoms with Crippen LogP contribution in [0.2, 0.25) is 0 Å². The molecule has 3 heterocycles. The third-order valence-corrected chi connectivity index (χ3v) is 3.34. The van der Waals surface area contributed by atoms with Gasteiger partial charge in [0.2, 0.25) is 11.7 Å². The van der Waals surface area contributed by atoms with E-state index in [0.29, 0.717) is 5.89 Å². The largest absolute Gasteiger partial charge is 0.417 e. The Morgan fingerprint density at radius 3 is 2.76 bits per heavy atom. The minimum absolute atomic E-state index is 0. The van der Waals surface area contributed by atoms with Gasteiger partial charge in [-0.1, -0.05) is 5.16 Å². The molecule has 2 aromatic rings. The van der Waals surface area contributed by atoms with Crippen molar-refractivity contribution < 1.29 is 17.7 Å². The van der Waals surface area contributed by atoms with Crippen molar-refractivity contribution >= 4 is 12.4 Å². The van der Waals surface area contributed by atoms with Gasteiger partial charge in [0.1, 0.15) is 0 Å². The lowest BCUT2D eigenvalue weighted by Crippen LogP contribution is -2.28. The van der Waals surface area contributed by atoms with Gasteiger partial charge < -0.3 is 14.8 Å². The quantitative estimate of drug-likeness (QED) is 0.892. The van der Waals surface area contributed by atoms with Gasteiger partial charge in [0.15, 0.2) is 0 Å². The van der Waals surface area contributed by atoms with Crippen molar-refractivity contribution in [3.63, 3.8) is 0 Å². The molecule has 1 saturated heterocycles. The number of piperidine rings is 1. The lowest BCUT2D eigenvalue weighted by Gasteiger charge is -2.18. The Labute approximate surface area is 124 Å². The van der Waals surface area contributed by atoms with Crippen molar-refractivity contribution in [3.05, 3.63) is 23.7 Å². The topological polar surface area (TPSA) is 66.7 Å². The summed E-state index contributed by atoms with van der Waals surface area (Å²) in [4.78, 5) is 6.71. The van der Waals surface area contributed by atoms with E-state index < -0.39 is 11.7 Å². The zero-order valence-electron chi connectivity index (χ0n) is 10.9. The molecular weight excluding hydrogens is 309 g/mol. The Hall–Kier alpha value is -1.54. The molecule has 1 atom stereocenters. The van der Waals surface area contributed by atoms with Crippen molar-refractivity contribution in [3.8, 4) is 11.5 Å². The fourth-order valence-electron chi connectivity index (χ4n) is 2.26. The van der Waals surface area contributed by atoms with Crippen molar-refractivity contribution in [1.29, 1.82) is 0 Å². The van der Waals surface area contributed by atoms with Crippen LogP contribution < -0.4 is 5.32 Å². The molecule has 0 bridgehead atoms. The number of hydrogen-bond acceptors (Lipinski definition) is 4. The first-order chi connectivity index (χ1) is 9.54. The van der Waals surface area contributed by atoms with Crippen LogP contribution in [0, 0.1) is 0 Å². The van der Waals surface area contributed by atoms with E-state index in [-0.39, 0.29) is 29.8 Å². The van der Waals surface area contributed by atoms with Crippen LogP contribution in [0.1, 0.15) is 30.2 Å². The Morgan fingerprint density at radius 1 is 1.33 bits per heavy atom. The molecule has 0 aliphatic carbocycles. The highest BCUT2D eigenvalue weighted by atomic mass is 35.5. The lowest BCUT2D eigenvalue weighted by molar-refractivity contribution is -0.137. The van der Waals surface area contributed by atoms with Crippen LogP contribution in [-0.4, -0.2) is 28.2 Å².